The highest BCUT2D eigenvalue weighted by atomic mass is 32.1. The third-order valence-corrected chi connectivity index (χ3v) is 4.50. The quantitative estimate of drug-likeness (QED) is 0.588. The number of thiazole rings is 1. The number of hydrogen-bond acceptors (Lipinski definition) is 7. The Kier molecular flexibility index (Phi) is 6.33. The number of benzene rings is 1. The van der Waals surface area contributed by atoms with Gasteiger partial charge in [0.05, 0.1) is 24.3 Å². The van der Waals surface area contributed by atoms with Crippen LogP contribution in [0.25, 0.3) is 0 Å². The van der Waals surface area contributed by atoms with Crippen LogP contribution in [0.2, 0.25) is 0 Å². The fourth-order valence-electron chi connectivity index (χ4n) is 2.44. The van der Waals surface area contributed by atoms with Gasteiger partial charge in [-0.25, -0.2) is 14.8 Å². The zero-order chi connectivity index (χ0) is 19.9. The zero-order valence-corrected chi connectivity index (χ0v) is 16.4. The third-order valence-electron chi connectivity index (χ3n) is 3.70. The molecule has 0 aliphatic carbocycles. The highest BCUT2D eigenvalue weighted by Crippen LogP contribution is 2.20. The summed E-state index contributed by atoms with van der Waals surface area (Å²) >= 11 is 1.41. The maximum Gasteiger partial charge on any atom is 0.338 e. The number of carbonyl (C=O) groups excluding carboxylic acids is 2. The molecule has 0 spiro atoms. The first kappa shape index (κ1) is 19.5. The van der Waals surface area contributed by atoms with Crippen molar-refractivity contribution in [1.29, 1.82) is 0 Å². The van der Waals surface area contributed by atoms with Crippen molar-refractivity contribution in [2.45, 2.75) is 20.3 Å². The van der Waals surface area contributed by atoms with Gasteiger partial charge in [-0.15, -0.1) is 11.3 Å². The Bertz CT molecular complexity index is 970. The molecule has 3 aromatic rings. The molecular formula is C20H20N4O3S. The number of aryl methyl sites for hydroxylation is 1. The van der Waals surface area contributed by atoms with Crippen molar-refractivity contribution in [3.05, 3.63) is 64.8 Å². The van der Waals surface area contributed by atoms with Crippen LogP contribution in [0.5, 0.6) is 0 Å². The summed E-state index contributed by atoms with van der Waals surface area (Å²) in [5.74, 6) is 0.146. The first-order valence-corrected chi connectivity index (χ1v) is 9.63. The molecular weight excluding hydrogens is 376 g/mol. The zero-order valence-electron chi connectivity index (χ0n) is 15.6. The summed E-state index contributed by atoms with van der Waals surface area (Å²) in [7, 11) is 0. The first-order chi connectivity index (χ1) is 13.5. The molecule has 0 aliphatic heterocycles. The predicted molar refractivity (Wildman–Crippen MR) is 109 cm³/mol. The second-order valence-electron chi connectivity index (χ2n) is 5.96. The van der Waals surface area contributed by atoms with Gasteiger partial charge in [0.1, 0.15) is 5.82 Å². The molecule has 2 heterocycles. The smallest absolute Gasteiger partial charge is 0.338 e. The van der Waals surface area contributed by atoms with Crippen molar-refractivity contribution in [2.24, 2.45) is 0 Å². The Morgan fingerprint density at radius 2 is 1.89 bits per heavy atom. The predicted octanol–water partition coefficient (Wildman–Crippen LogP) is 3.95. The molecule has 0 atom stereocenters. The number of nitrogens with zero attached hydrogens (tertiary/aromatic N) is 2. The number of pyridine rings is 1. The van der Waals surface area contributed by atoms with E-state index in [-0.39, 0.29) is 18.3 Å². The molecule has 0 saturated carbocycles. The lowest BCUT2D eigenvalue weighted by Crippen LogP contribution is -2.14. The maximum atomic E-state index is 12.2. The molecule has 3 rings (SSSR count). The molecule has 2 N–H and O–H groups in total. The fourth-order valence-corrected chi connectivity index (χ4v) is 3.16. The van der Waals surface area contributed by atoms with Crippen LogP contribution in [0.15, 0.2) is 47.8 Å². The van der Waals surface area contributed by atoms with E-state index in [1.165, 1.54) is 11.3 Å². The van der Waals surface area contributed by atoms with E-state index in [9.17, 15) is 9.59 Å². The lowest BCUT2D eigenvalue weighted by Gasteiger charge is -2.06. The lowest BCUT2D eigenvalue weighted by molar-refractivity contribution is -0.115. The van der Waals surface area contributed by atoms with Crippen molar-refractivity contribution in [2.75, 3.05) is 17.2 Å². The van der Waals surface area contributed by atoms with Crippen LogP contribution < -0.4 is 10.6 Å². The van der Waals surface area contributed by atoms with E-state index in [0.717, 1.165) is 5.69 Å². The topological polar surface area (TPSA) is 93.2 Å². The number of rotatable bonds is 7. The summed E-state index contributed by atoms with van der Waals surface area (Å²) in [6.45, 7) is 3.99. The molecule has 0 radical (unpaired) electrons. The average Bonchev–Trinajstić information content (AvgIpc) is 3.09. The van der Waals surface area contributed by atoms with Gasteiger partial charge in [0, 0.05) is 16.8 Å². The van der Waals surface area contributed by atoms with Gasteiger partial charge in [0.15, 0.2) is 5.13 Å². The van der Waals surface area contributed by atoms with E-state index in [1.54, 1.807) is 31.2 Å². The van der Waals surface area contributed by atoms with Gasteiger partial charge in [0.2, 0.25) is 5.91 Å². The monoisotopic (exact) mass is 396 g/mol. The molecule has 0 aliphatic rings. The molecule has 1 amide bonds. The summed E-state index contributed by atoms with van der Waals surface area (Å²) in [6.07, 6.45) is 0.152. The molecule has 0 fully saturated rings. The van der Waals surface area contributed by atoms with Crippen LogP contribution >= 0.6 is 11.3 Å². The second-order valence-corrected chi connectivity index (χ2v) is 6.81. The Morgan fingerprint density at radius 3 is 2.61 bits per heavy atom. The van der Waals surface area contributed by atoms with Crippen LogP contribution in [-0.4, -0.2) is 28.5 Å². The number of esters is 1. The molecule has 0 unspecified atom stereocenters. The van der Waals surface area contributed by atoms with Crippen molar-refractivity contribution < 1.29 is 14.3 Å². The van der Waals surface area contributed by atoms with E-state index in [0.29, 0.717) is 34.5 Å². The second kappa shape index (κ2) is 9.09. The summed E-state index contributed by atoms with van der Waals surface area (Å²) in [5.41, 5.74) is 2.63. The Morgan fingerprint density at radius 1 is 1.11 bits per heavy atom. The van der Waals surface area contributed by atoms with E-state index in [2.05, 4.69) is 20.6 Å². The van der Waals surface area contributed by atoms with Crippen LogP contribution in [0.3, 0.4) is 0 Å². The standard InChI is InChI=1S/C20H20N4O3S/c1-3-27-19(26)14-7-9-15(10-8-14)22-18(25)11-16-12-28-20(23-16)24-17-6-4-5-13(2)21-17/h4-10,12H,3,11H2,1-2H3,(H,22,25)(H,21,23,24). The minimum absolute atomic E-state index is 0.152. The van der Waals surface area contributed by atoms with E-state index < -0.39 is 0 Å². The van der Waals surface area contributed by atoms with E-state index in [1.807, 2.05) is 30.5 Å². The fraction of sp³-hybridized carbons (Fsp3) is 0.200. The van der Waals surface area contributed by atoms with Crippen molar-refractivity contribution in [3.63, 3.8) is 0 Å². The summed E-state index contributed by atoms with van der Waals surface area (Å²) in [5, 5.41) is 8.45. The van der Waals surface area contributed by atoms with Gasteiger partial charge in [-0.1, -0.05) is 6.07 Å². The minimum Gasteiger partial charge on any atom is -0.462 e. The average molecular weight is 396 g/mol. The molecule has 0 bridgehead atoms. The number of carbonyl (C=O) groups is 2. The van der Waals surface area contributed by atoms with Crippen LogP contribution in [-0.2, 0) is 16.0 Å². The largest absolute Gasteiger partial charge is 0.462 e. The van der Waals surface area contributed by atoms with Gasteiger partial charge in [-0.2, -0.15) is 0 Å². The van der Waals surface area contributed by atoms with Gasteiger partial charge in [-0.3, -0.25) is 4.79 Å². The third kappa shape index (κ3) is 5.37. The van der Waals surface area contributed by atoms with Crippen molar-refractivity contribution in [3.8, 4) is 0 Å². The first-order valence-electron chi connectivity index (χ1n) is 8.75. The van der Waals surface area contributed by atoms with Crippen LogP contribution in [0.4, 0.5) is 16.6 Å². The summed E-state index contributed by atoms with van der Waals surface area (Å²) in [4.78, 5) is 32.7. The minimum atomic E-state index is -0.383. The Balaban J connectivity index is 1.55. The number of ether oxygens (including phenoxy) is 1. The van der Waals surface area contributed by atoms with Crippen LogP contribution in [0, 0.1) is 6.92 Å². The van der Waals surface area contributed by atoms with E-state index >= 15 is 0 Å². The highest BCUT2D eigenvalue weighted by Gasteiger charge is 2.10. The molecule has 144 valence electrons. The van der Waals surface area contributed by atoms with Gasteiger partial charge in [0.25, 0.3) is 0 Å². The Labute approximate surface area is 166 Å². The summed E-state index contributed by atoms with van der Waals surface area (Å²) < 4.78 is 4.94. The molecule has 0 saturated heterocycles. The molecule has 1 aromatic carbocycles. The highest BCUT2D eigenvalue weighted by molar-refractivity contribution is 7.13. The normalized spacial score (nSPS) is 10.4. The number of aromatic nitrogens is 2. The van der Waals surface area contributed by atoms with Crippen molar-refractivity contribution >= 4 is 39.9 Å². The van der Waals surface area contributed by atoms with E-state index in [4.69, 9.17) is 4.74 Å². The van der Waals surface area contributed by atoms with Gasteiger partial charge in [-0.05, 0) is 50.2 Å². The van der Waals surface area contributed by atoms with Crippen molar-refractivity contribution in [1.82, 2.24) is 9.97 Å². The molecule has 7 nitrogen and oxygen atoms in total. The number of hydrogen-bond donors (Lipinski definition) is 2. The lowest BCUT2D eigenvalue weighted by atomic mass is 10.2. The SMILES string of the molecule is CCOC(=O)c1ccc(NC(=O)Cc2csc(Nc3cccc(C)n3)n2)cc1. The summed E-state index contributed by atoms with van der Waals surface area (Å²) in [6, 6.07) is 12.3. The molecule has 2 aromatic heterocycles. The molecule has 8 heteroatoms. The number of amides is 1. The number of nitrogens with one attached hydrogen (secondary N) is 2. The molecule has 28 heavy (non-hydrogen) atoms. The van der Waals surface area contributed by atoms with Gasteiger partial charge >= 0.3 is 5.97 Å². The number of anilines is 3. The Hall–Kier alpha value is -3.26. The van der Waals surface area contributed by atoms with Crippen LogP contribution in [0.1, 0.15) is 28.7 Å². The maximum absolute atomic E-state index is 12.2. The van der Waals surface area contributed by atoms with Gasteiger partial charge < -0.3 is 15.4 Å².